The molecule has 12 heteroatoms. The first-order valence-corrected chi connectivity index (χ1v) is 12.1. The number of rotatable bonds is 10. The minimum absolute atomic E-state index is 0.177. The molecule has 1 aliphatic heterocycles. The predicted octanol–water partition coefficient (Wildman–Crippen LogP) is 1.73. The summed E-state index contributed by atoms with van der Waals surface area (Å²) in [4.78, 5) is 53.4. The molecular formula is C26H34N2O10. The summed E-state index contributed by atoms with van der Waals surface area (Å²) in [6, 6.07) is 4.63. The molecule has 2 aromatic rings. The van der Waals surface area contributed by atoms with Crippen LogP contribution in [0.15, 0.2) is 24.4 Å². The van der Waals surface area contributed by atoms with Crippen molar-refractivity contribution in [1.82, 2.24) is 9.88 Å². The number of esters is 3. The van der Waals surface area contributed by atoms with Crippen LogP contribution in [0.25, 0.3) is 10.9 Å². The molecule has 0 radical (unpaired) electrons. The number of carbonyl (C=O) groups excluding carboxylic acids is 4. The summed E-state index contributed by atoms with van der Waals surface area (Å²) in [5.41, 5.74) is 1.82. The second-order valence-electron chi connectivity index (χ2n) is 8.91. The highest BCUT2D eigenvalue weighted by molar-refractivity contribution is 5.84. The van der Waals surface area contributed by atoms with Gasteiger partial charge in [-0.3, -0.25) is 19.2 Å². The van der Waals surface area contributed by atoms with Gasteiger partial charge in [-0.1, -0.05) is 0 Å². The highest BCUT2D eigenvalue weighted by Gasteiger charge is 2.53. The standard InChI is InChI=1S/C26H34N2O10/c1-14(29)28(10-9-18-12-27-21-8-7-19(33-5)11-20(18)21)23-24(36-16(3)31)22(13-35-15(2)30)38-26(34-6)25(23)37-17(4)32/h7-8,11-12,22-27H,9-10,13H2,1-6H3/t22-,23-,24-,25+,26+/m1/s1. The van der Waals surface area contributed by atoms with Crippen molar-refractivity contribution in [2.75, 3.05) is 27.4 Å². The van der Waals surface area contributed by atoms with E-state index in [0.717, 1.165) is 16.5 Å². The molecule has 2 heterocycles. The lowest BCUT2D eigenvalue weighted by molar-refractivity contribution is -0.289. The minimum atomic E-state index is -1.14. The van der Waals surface area contributed by atoms with Crippen molar-refractivity contribution in [3.8, 4) is 5.75 Å². The van der Waals surface area contributed by atoms with Gasteiger partial charge in [0.25, 0.3) is 0 Å². The molecule has 0 bridgehead atoms. The third-order valence-corrected chi connectivity index (χ3v) is 6.27. The smallest absolute Gasteiger partial charge is 0.303 e. The number of nitrogens with one attached hydrogen (secondary N) is 1. The fourth-order valence-corrected chi connectivity index (χ4v) is 4.68. The van der Waals surface area contributed by atoms with Gasteiger partial charge < -0.3 is 38.3 Å². The maximum absolute atomic E-state index is 13.0. The van der Waals surface area contributed by atoms with Crippen molar-refractivity contribution in [2.45, 2.75) is 64.8 Å². The molecule has 38 heavy (non-hydrogen) atoms. The Labute approximate surface area is 220 Å². The third kappa shape index (κ3) is 6.81. The van der Waals surface area contributed by atoms with E-state index in [1.807, 2.05) is 24.4 Å². The zero-order valence-electron chi connectivity index (χ0n) is 22.3. The molecular weight excluding hydrogens is 500 g/mol. The van der Waals surface area contributed by atoms with Gasteiger partial charge in [0.15, 0.2) is 18.5 Å². The molecule has 1 aliphatic rings. The van der Waals surface area contributed by atoms with Crippen LogP contribution in [0.3, 0.4) is 0 Å². The number of H-pyrrole nitrogens is 1. The summed E-state index contributed by atoms with van der Waals surface area (Å²) in [6.45, 7) is 4.93. The maximum atomic E-state index is 13.0. The van der Waals surface area contributed by atoms with Crippen molar-refractivity contribution < 1.29 is 47.6 Å². The van der Waals surface area contributed by atoms with Crippen molar-refractivity contribution in [2.24, 2.45) is 0 Å². The number of ether oxygens (including phenoxy) is 6. The van der Waals surface area contributed by atoms with Gasteiger partial charge in [-0.25, -0.2) is 0 Å². The summed E-state index contributed by atoms with van der Waals surface area (Å²) >= 11 is 0. The fraction of sp³-hybridized carbons (Fsp3) is 0.538. The quantitative estimate of drug-likeness (QED) is 0.354. The van der Waals surface area contributed by atoms with Gasteiger partial charge in [0, 0.05) is 58.4 Å². The van der Waals surface area contributed by atoms with E-state index >= 15 is 0 Å². The molecule has 1 N–H and O–H groups in total. The number of methoxy groups -OCH3 is 2. The number of amides is 1. The summed E-state index contributed by atoms with van der Waals surface area (Å²) in [6.07, 6.45) is -2.13. The first-order chi connectivity index (χ1) is 18.0. The molecule has 1 saturated heterocycles. The zero-order chi connectivity index (χ0) is 28.0. The SMILES string of the molecule is COc1ccc2[nH]cc(CCN(C(C)=O)[C@H]3[C@H](OC(C)=O)[C@@H](OC)O[C@H](COC(C)=O)[C@H]3OC(C)=O)c2c1. The third-order valence-electron chi connectivity index (χ3n) is 6.27. The molecule has 1 aromatic carbocycles. The van der Waals surface area contributed by atoms with Crippen LogP contribution < -0.4 is 4.74 Å². The number of benzene rings is 1. The summed E-state index contributed by atoms with van der Waals surface area (Å²) in [5.74, 6) is -1.53. The lowest BCUT2D eigenvalue weighted by atomic mass is 9.93. The van der Waals surface area contributed by atoms with E-state index in [-0.39, 0.29) is 19.1 Å². The highest BCUT2D eigenvalue weighted by Crippen LogP contribution is 2.32. The molecule has 208 valence electrons. The molecule has 0 spiro atoms. The van der Waals surface area contributed by atoms with Crippen molar-refractivity contribution in [3.63, 3.8) is 0 Å². The first kappa shape index (κ1) is 28.9. The average Bonchev–Trinajstić information content (AvgIpc) is 3.26. The minimum Gasteiger partial charge on any atom is -0.497 e. The number of fused-ring (bicyclic) bond motifs is 1. The van der Waals surface area contributed by atoms with E-state index in [2.05, 4.69) is 4.98 Å². The van der Waals surface area contributed by atoms with Crippen LogP contribution in [0.5, 0.6) is 5.75 Å². The summed E-state index contributed by atoms with van der Waals surface area (Å²) < 4.78 is 33.0. The zero-order valence-corrected chi connectivity index (χ0v) is 22.3. The van der Waals surface area contributed by atoms with Crippen LogP contribution in [-0.2, 0) is 49.3 Å². The van der Waals surface area contributed by atoms with Gasteiger partial charge in [-0.15, -0.1) is 0 Å². The lowest BCUT2D eigenvalue weighted by Gasteiger charge is -2.48. The maximum Gasteiger partial charge on any atom is 0.303 e. The molecule has 1 fully saturated rings. The molecule has 1 aromatic heterocycles. The largest absolute Gasteiger partial charge is 0.497 e. The van der Waals surface area contributed by atoms with Crippen LogP contribution in [0.1, 0.15) is 33.3 Å². The van der Waals surface area contributed by atoms with Crippen molar-refractivity contribution in [1.29, 1.82) is 0 Å². The van der Waals surface area contributed by atoms with E-state index in [0.29, 0.717) is 12.2 Å². The Morgan fingerprint density at radius 2 is 1.66 bits per heavy atom. The van der Waals surface area contributed by atoms with Crippen LogP contribution in [0.4, 0.5) is 0 Å². The first-order valence-electron chi connectivity index (χ1n) is 12.1. The van der Waals surface area contributed by atoms with Gasteiger partial charge in [-0.05, 0) is 30.2 Å². The van der Waals surface area contributed by atoms with Crippen LogP contribution in [0.2, 0.25) is 0 Å². The molecule has 0 saturated carbocycles. The second-order valence-corrected chi connectivity index (χ2v) is 8.91. The number of aromatic nitrogens is 1. The monoisotopic (exact) mass is 534 g/mol. The Kier molecular flexibility index (Phi) is 9.70. The molecule has 12 nitrogen and oxygen atoms in total. The van der Waals surface area contributed by atoms with E-state index in [9.17, 15) is 19.2 Å². The van der Waals surface area contributed by atoms with E-state index in [1.165, 1.54) is 39.7 Å². The Bertz CT molecular complexity index is 1160. The predicted molar refractivity (Wildman–Crippen MR) is 133 cm³/mol. The van der Waals surface area contributed by atoms with Crippen LogP contribution in [0, 0.1) is 0 Å². The molecule has 1 amide bonds. The number of nitrogens with zero attached hydrogens (tertiary/aromatic N) is 1. The van der Waals surface area contributed by atoms with Gasteiger partial charge in [0.2, 0.25) is 5.91 Å². The Morgan fingerprint density at radius 3 is 2.24 bits per heavy atom. The molecule has 5 atom stereocenters. The Balaban J connectivity index is 2.01. The summed E-state index contributed by atoms with van der Waals surface area (Å²) in [5, 5.41) is 0.926. The van der Waals surface area contributed by atoms with Gasteiger partial charge in [0.1, 0.15) is 24.5 Å². The second kappa shape index (κ2) is 12.7. The number of carbonyl (C=O) groups is 4. The van der Waals surface area contributed by atoms with Crippen molar-refractivity contribution in [3.05, 3.63) is 30.0 Å². The van der Waals surface area contributed by atoms with Crippen LogP contribution >= 0.6 is 0 Å². The van der Waals surface area contributed by atoms with E-state index < -0.39 is 48.6 Å². The topological polar surface area (TPSA) is 143 Å². The lowest BCUT2D eigenvalue weighted by Crippen LogP contribution is -2.67. The number of hydrogen-bond donors (Lipinski definition) is 1. The Hall–Kier alpha value is -3.64. The summed E-state index contributed by atoms with van der Waals surface area (Å²) in [7, 11) is 2.93. The van der Waals surface area contributed by atoms with Gasteiger partial charge >= 0.3 is 17.9 Å². The fourth-order valence-electron chi connectivity index (χ4n) is 4.68. The van der Waals surface area contributed by atoms with Gasteiger partial charge in [-0.2, -0.15) is 0 Å². The number of aromatic amines is 1. The van der Waals surface area contributed by atoms with Crippen LogP contribution in [-0.4, -0.2) is 91.7 Å². The normalized spacial score (nSPS) is 22.9. The highest BCUT2D eigenvalue weighted by atomic mass is 16.7. The molecule has 0 unspecified atom stereocenters. The van der Waals surface area contributed by atoms with Crippen molar-refractivity contribution >= 4 is 34.7 Å². The van der Waals surface area contributed by atoms with E-state index in [4.69, 9.17) is 28.4 Å². The van der Waals surface area contributed by atoms with E-state index in [1.54, 1.807) is 7.11 Å². The molecule has 0 aliphatic carbocycles. The average molecular weight is 535 g/mol. The molecule has 3 rings (SSSR count). The van der Waals surface area contributed by atoms with Gasteiger partial charge in [0.05, 0.1) is 7.11 Å². The Morgan fingerprint density at radius 1 is 0.974 bits per heavy atom. The number of hydrogen-bond acceptors (Lipinski definition) is 10.